The zero-order chi connectivity index (χ0) is 15.9. The average Bonchev–Trinajstić information content (AvgIpc) is 2.40. The number of halogens is 1. The molecule has 0 aliphatic rings. The highest BCUT2D eigenvalue weighted by Crippen LogP contribution is 2.17. The normalized spacial score (nSPS) is 13.0. The SMILES string of the molecule is COCCC(Cc1cccc(Br)c1)C(=O)NCC(C)(C)N. The summed E-state index contributed by atoms with van der Waals surface area (Å²) in [5.74, 6) is -0.0767. The number of ether oxygens (including phenoxy) is 1. The Balaban J connectivity index is 2.68. The Morgan fingerprint density at radius 3 is 2.76 bits per heavy atom. The van der Waals surface area contributed by atoms with Crippen molar-refractivity contribution in [2.45, 2.75) is 32.2 Å². The molecule has 0 spiro atoms. The van der Waals surface area contributed by atoms with E-state index in [4.69, 9.17) is 10.5 Å². The van der Waals surface area contributed by atoms with Crippen LogP contribution in [0.3, 0.4) is 0 Å². The molecule has 1 aromatic rings. The fourth-order valence-corrected chi connectivity index (χ4v) is 2.44. The molecule has 1 rings (SSSR count). The minimum Gasteiger partial charge on any atom is -0.385 e. The number of benzene rings is 1. The Kier molecular flexibility index (Phi) is 7.35. The van der Waals surface area contributed by atoms with Gasteiger partial charge in [-0.15, -0.1) is 0 Å². The predicted molar refractivity (Wildman–Crippen MR) is 89.1 cm³/mol. The molecular weight excluding hydrogens is 332 g/mol. The van der Waals surface area contributed by atoms with Crippen molar-refractivity contribution in [3.8, 4) is 0 Å². The van der Waals surface area contributed by atoms with Crippen LogP contribution in [-0.4, -0.2) is 31.7 Å². The first-order chi connectivity index (χ1) is 9.81. The van der Waals surface area contributed by atoms with Crippen molar-refractivity contribution in [1.82, 2.24) is 5.32 Å². The van der Waals surface area contributed by atoms with Gasteiger partial charge < -0.3 is 15.8 Å². The number of hydrogen-bond donors (Lipinski definition) is 2. The van der Waals surface area contributed by atoms with Crippen molar-refractivity contribution >= 4 is 21.8 Å². The van der Waals surface area contributed by atoms with Crippen LogP contribution in [0.1, 0.15) is 25.8 Å². The third kappa shape index (κ3) is 7.60. The van der Waals surface area contributed by atoms with Gasteiger partial charge in [0.05, 0.1) is 0 Å². The van der Waals surface area contributed by atoms with Crippen LogP contribution in [0.2, 0.25) is 0 Å². The molecule has 21 heavy (non-hydrogen) atoms. The summed E-state index contributed by atoms with van der Waals surface area (Å²) in [4.78, 5) is 12.4. The van der Waals surface area contributed by atoms with Crippen LogP contribution in [-0.2, 0) is 16.0 Å². The Morgan fingerprint density at radius 1 is 1.48 bits per heavy atom. The average molecular weight is 357 g/mol. The molecule has 0 aliphatic carbocycles. The number of methoxy groups -OCH3 is 1. The number of nitrogens with two attached hydrogens (primary N) is 1. The van der Waals surface area contributed by atoms with Gasteiger partial charge in [-0.2, -0.15) is 0 Å². The van der Waals surface area contributed by atoms with E-state index in [9.17, 15) is 4.79 Å². The summed E-state index contributed by atoms with van der Waals surface area (Å²) in [7, 11) is 1.65. The molecule has 0 fully saturated rings. The minimum absolute atomic E-state index is 0.0329. The molecule has 0 aromatic heterocycles. The Bertz CT molecular complexity index is 458. The standard InChI is InChI=1S/C16H25BrN2O2/c1-16(2,18)11-19-15(20)13(7-8-21-3)9-12-5-4-6-14(17)10-12/h4-6,10,13H,7-9,11,18H2,1-3H3,(H,19,20). The van der Waals surface area contributed by atoms with Crippen molar-refractivity contribution < 1.29 is 9.53 Å². The van der Waals surface area contributed by atoms with Crippen LogP contribution in [0, 0.1) is 5.92 Å². The van der Waals surface area contributed by atoms with Crippen LogP contribution >= 0.6 is 15.9 Å². The van der Waals surface area contributed by atoms with E-state index in [1.165, 1.54) is 0 Å². The second kappa shape index (κ2) is 8.51. The van der Waals surface area contributed by atoms with Crippen molar-refractivity contribution in [2.24, 2.45) is 11.7 Å². The Morgan fingerprint density at radius 2 is 2.19 bits per heavy atom. The molecule has 0 saturated carbocycles. The quantitative estimate of drug-likeness (QED) is 0.751. The molecule has 1 amide bonds. The fraction of sp³-hybridized carbons (Fsp3) is 0.562. The number of rotatable bonds is 8. The highest BCUT2D eigenvalue weighted by molar-refractivity contribution is 9.10. The van der Waals surface area contributed by atoms with E-state index in [1.54, 1.807) is 7.11 Å². The summed E-state index contributed by atoms with van der Waals surface area (Å²) in [5, 5.41) is 2.94. The summed E-state index contributed by atoms with van der Waals surface area (Å²) < 4.78 is 6.14. The van der Waals surface area contributed by atoms with Gasteiger partial charge in [0, 0.05) is 36.2 Å². The lowest BCUT2D eigenvalue weighted by atomic mass is 9.95. The van der Waals surface area contributed by atoms with E-state index in [0.717, 1.165) is 10.0 Å². The molecule has 3 N–H and O–H groups in total. The van der Waals surface area contributed by atoms with Gasteiger partial charge in [-0.25, -0.2) is 0 Å². The smallest absolute Gasteiger partial charge is 0.223 e. The number of carbonyl (C=O) groups is 1. The van der Waals surface area contributed by atoms with E-state index >= 15 is 0 Å². The van der Waals surface area contributed by atoms with E-state index in [1.807, 2.05) is 38.1 Å². The van der Waals surface area contributed by atoms with Crippen LogP contribution in [0.15, 0.2) is 28.7 Å². The van der Waals surface area contributed by atoms with Crippen molar-refractivity contribution in [3.63, 3.8) is 0 Å². The molecule has 5 heteroatoms. The van der Waals surface area contributed by atoms with Gasteiger partial charge in [0.2, 0.25) is 5.91 Å². The maximum atomic E-state index is 12.4. The molecule has 118 valence electrons. The summed E-state index contributed by atoms with van der Waals surface area (Å²) in [6, 6.07) is 8.03. The maximum Gasteiger partial charge on any atom is 0.223 e. The van der Waals surface area contributed by atoms with Crippen molar-refractivity contribution in [2.75, 3.05) is 20.3 Å². The lowest BCUT2D eigenvalue weighted by molar-refractivity contribution is -0.125. The van der Waals surface area contributed by atoms with Gasteiger partial charge in [0.15, 0.2) is 0 Å². The molecule has 0 bridgehead atoms. The summed E-state index contributed by atoms with van der Waals surface area (Å²) in [6.07, 6.45) is 1.39. The van der Waals surface area contributed by atoms with Crippen LogP contribution < -0.4 is 11.1 Å². The van der Waals surface area contributed by atoms with Gasteiger partial charge in [-0.3, -0.25) is 4.79 Å². The molecule has 1 atom stereocenters. The first-order valence-electron chi connectivity index (χ1n) is 7.12. The molecular formula is C16H25BrN2O2. The summed E-state index contributed by atoms with van der Waals surface area (Å²) in [5.41, 5.74) is 6.64. The van der Waals surface area contributed by atoms with Gasteiger partial charge in [-0.05, 0) is 44.4 Å². The maximum absolute atomic E-state index is 12.4. The number of amides is 1. The second-order valence-electron chi connectivity index (χ2n) is 6.02. The molecule has 0 saturated heterocycles. The highest BCUT2D eigenvalue weighted by Gasteiger charge is 2.21. The fourth-order valence-electron chi connectivity index (χ4n) is 1.99. The first-order valence-corrected chi connectivity index (χ1v) is 7.91. The highest BCUT2D eigenvalue weighted by atomic mass is 79.9. The van der Waals surface area contributed by atoms with E-state index in [-0.39, 0.29) is 11.8 Å². The monoisotopic (exact) mass is 356 g/mol. The third-order valence-electron chi connectivity index (χ3n) is 3.13. The molecule has 1 unspecified atom stereocenters. The lowest BCUT2D eigenvalue weighted by Crippen LogP contribution is -2.47. The van der Waals surface area contributed by atoms with E-state index < -0.39 is 5.54 Å². The van der Waals surface area contributed by atoms with Crippen LogP contribution in [0.25, 0.3) is 0 Å². The Labute approximate surface area is 135 Å². The minimum atomic E-state index is -0.406. The lowest BCUT2D eigenvalue weighted by Gasteiger charge is -2.22. The second-order valence-corrected chi connectivity index (χ2v) is 6.93. The summed E-state index contributed by atoms with van der Waals surface area (Å²) in [6.45, 7) is 4.82. The number of hydrogen-bond acceptors (Lipinski definition) is 3. The third-order valence-corrected chi connectivity index (χ3v) is 3.62. The van der Waals surface area contributed by atoms with Crippen LogP contribution in [0.4, 0.5) is 0 Å². The zero-order valence-corrected chi connectivity index (χ0v) is 14.6. The topological polar surface area (TPSA) is 64.3 Å². The van der Waals surface area contributed by atoms with Gasteiger partial charge in [0.25, 0.3) is 0 Å². The largest absolute Gasteiger partial charge is 0.385 e. The van der Waals surface area contributed by atoms with E-state index in [0.29, 0.717) is 26.0 Å². The number of carbonyl (C=O) groups excluding carboxylic acids is 1. The van der Waals surface area contributed by atoms with E-state index in [2.05, 4.69) is 21.2 Å². The first kappa shape index (κ1) is 18.1. The van der Waals surface area contributed by atoms with Crippen molar-refractivity contribution in [1.29, 1.82) is 0 Å². The molecule has 1 aromatic carbocycles. The molecule has 0 radical (unpaired) electrons. The van der Waals surface area contributed by atoms with Gasteiger partial charge in [-0.1, -0.05) is 28.1 Å². The molecule has 0 heterocycles. The molecule has 4 nitrogen and oxygen atoms in total. The van der Waals surface area contributed by atoms with Gasteiger partial charge in [0.1, 0.15) is 0 Å². The zero-order valence-electron chi connectivity index (χ0n) is 13.0. The van der Waals surface area contributed by atoms with Crippen LogP contribution in [0.5, 0.6) is 0 Å². The summed E-state index contributed by atoms with van der Waals surface area (Å²) >= 11 is 3.46. The Hall–Kier alpha value is -0.910. The number of nitrogens with one attached hydrogen (secondary N) is 1. The van der Waals surface area contributed by atoms with Crippen molar-refractivity contribution in [3.05, 3.63) is 34.3 Å². The van der Waals surface area contributed by atoms with Gasteiger partial charge >= 0.3 is 0 Å². The predicted octanol–water partition coefficient (Wildman–Crippen LogP) is 2.50. The molecule has 0 aliphatic heterocycles.